The lowest BCUT2D eigenvalue weighted by Crippen LogP contribution is -2.19. The summed E-state index contributed by atoms with van der Waals surface area (Å²) in [5.74, 6) is 1.21. The first-order chi connectivity index (χ1) is 12.9. The Hall–Kier alpha value is -1.22. The van der Waals surface area contributed by atoms with Crippen LogP contribution in [-0.2, 0) is 15.1 Å². The minimum absolute atomic E-state index is 0.182. The molecule has 28 heavy (non-hydrogen) atoms. The maximum Gasteiger partial charge on any atom is 0.470 e. The maximum atomic E-state index is 9.44. The number of hydrogen-bond donors (Lipinski definition) is 2. The lowest BCUT2D eigenvalue weighted by atomic mass is 9.78. The Morgan fingerprint density at radius 2 is 1.29 bits per heavy atom. The second kappa shape index (κ2) is 9.07. The summed E-state index contributed by atoms with van der Waals surface area (Å²) < 4.78 is 17.2. The Balaban J connectivity index is 2.52. The highest BCUT2D eigenvalue weighted by Gasteiger charge is 2.32. The molecular weight excluding hydrogens is 394 g/mol. The lowest BCUT2D eigenvalue weighted by Gasteiger charge is -2.31. The molecule has 0 heterocycles. The third kappa shape index (κ3) is 6.40. The predicted octanol–water partition coefficient (Wildman–Crippen LogP) is 6.50. The molecular formula is C21H30O5P2. The average molecular weight is 424 g/mol. The van der Waals surface area contributed by atoms with E-state index in [9.17, 15) is 9.79 Å². The van der Waals surface area contributed by atoms with Gasteiger partial charge in [-0.25, -0.2) is 4.31 Å². The second-order valence-electron chi connectivity index (χ2n) is 8.74. The molecule has 5 nitrogen and oxygen atoms in total. The molecule has 0 bridgehead atoms. The van der Waals surface area contributed by atoms with Crippen LogP contribution in [0.3, 0.4) is 0 Å². The molecule has 0 aromatic heterocycles. The molecule has 0 saturated heterocycles. The van der Waals surface area contributed by atoms with Crippen LogP contribution < -0.4 is 9.05 Å². The van der Waals surface area contributed by atoms with Crippen LogP contribution in [0.5, 0.6) is 11.5 Å². The molecule has 0 aliphatic rings. The first kappa shape index (κ1) is 23.1. The van der Waals surface area contributed by atoms with Crippen LogP contribution in [0, 0.1) is 6.92 Å². The van der Waals surface area contributed by atoms with Crippen LogP contribution in [0.4, 0.5) is 0 Å². The van der Waals surface area contributed by atoms with E-state index >= 15 is 0 Å². The third-order valence-corrected chi connectivity index (χ3v) is 5.89. The molecule has 0 aliphatic heterocycles. The normalized spacial score (nSPS) is 13.5. The molecule has 154 valence electrons. The summed E-state index contributed by atoms with van der Waals surface area (Å²) >= 11 is 0. The standard InChI is InChI=1S/C21H30O5P2/c1-15-13-17(20(2,3)4)19(18(14-15)21(5,6)7)25-28(26-27(22)23)24-16-11-9-8-10-12-16/h8-14,22-23H,1-7H3. The molecule has 0 amide bonds. The zero-order chi connectivity index (χ0) is 21.1. The molecule has 0 spiro atoms. The Kier molecular flexibility index (Phi) is 7.47. The fourth-order valence-corrected chi connectivity index (χ4v) is 4.16. The fourth-order valence-electron chi connectivity index (χ4n) is 2.74. The first-order valence-electron chi connectivity index (χ1n) is 9.10. The van der Waals surface area contributed by atoms with Gasteiger partial charge in [-0.2, -0.15) is 0 Å². The summed E-state index contributed by atoms with van der Waals surface area (Å²) in [5.41, 5.74) is 2.81. The number of rotatable bonds is 6. The molecule has 7 heteroatoms. The summed E-state index contributed by atoms with van der Waals surface area (Å²) in [6.45, 7) is 14.8. The molecule has 1 atom stereocenters. The molecule has 2 rings (SSSR count). The van der Waals surface area contributed by atoms with Gasteiger partial charge in [0.2, 0.25) is 0 Å². The Labute approximate surface area is 170 Å². The molecule has 1 unspecified atom stereocenters. The minimum Gasteiger partial charge on any atom is -0.418 e. The fraction of sp³-hybridized carbons (Fsp3) is 0.429. The van der Waals surface area contributed by atoms with Gasteiger partial charge in [0, 0.05) is 11.1 Å². The summed E-state index contributed by atoms with van der Waals surface area (Å²) in [6.07, 6.45) is 0. The second-order valence-corrected chi connectivity index (χ2v) is 10.7. The topological polar surface area (TPSA) is 68.2 Å². The van der Waals surface area contributed by atoms with E-state index < -0.39 is 17.2 Å². The Bertz CT molecular complexity index is 745. The zero-order valence-electron chi connectivity index (χ0n) is 17.6. The van der Waals surface area contributed by atoms with Crippen molar-refractivity contribution in [2.45, 2.75) is 59.3 Å². The van der Waals surface area contributed by atoms with Gasteiger partial charge in [0.15, 0.2) is 0 Å². The van der Waals surface area contributed by atoms with E-state index in [-0.39, 0.29) is 10.8 Å². The number of aryl methyl sites for hydroxylation is 1. The van der Waals surface area contributed by atoms with E-state index in [0.717, 1.165) is 16.7 Å². The highest BCUT2D eigenvalue weighted by molar-refractivity contribution is 7.55. The molecule has 2 N–H and O–H groups in total. The number of hydrogen-bond acceptors (Lipinski definition) is 5. The maximum absolute atomic E-state index is 9.44. The smallest absolute Gasteiger partial charge is 0.418 e. The van der Waals surface area contributed by atoms with Crippen LogP contribution in [-0.4, -0.2) is 9.79 Å². The van der Waals surface area contributed by atoms with Crippen molar-refractivity contribution < 1.29 is 23.1 Å². The Morgan fingerprint density at radius 3 is 1.71 bits per heavy atom. The number of para-hydroxylation sites is 1. The third-order valence-electron chi connectivity index (χ3n) is 4.08. The van der Waals surface area contributed by atoms with E-state index in [1.54, 1.807) is 12.1 Å². The van der Waals surface area contributed by atoms with Crippen molar-refractivity contribution in [3.05, 3.63) is 59.2 Å². The molecule has 0 saturated carbocycles. The highest BCUT2D eigenvalue weighted by atomic mass is 31.2. The zero-order valence-corrected chi connectivity index (χ0v) is 19.3. The first-order valence-corrected chi connectivity index (χ1v) is 11.4. The molecule has 2 aromatic rings. The van der Waals surface area contributed by atoms with Crippen molar-refractivity contribution in [3.63, 3.8) is 0 Å². The van der Waals surface area contributed by atoms with Gasteiger partial charge in [-0.3, -0.25) is 0 Å². The van der Waals surface area contributed by atoms with Gasteiger partial charge >= 0.3 is 17.2 Å². The van der Waals surface area contributed by atoms with Crippen LogP contribution in [0.2, 0.25) is 0 Å². The van der Waals surface area contributed by atoms with Gasteiger partial charge in [-0.1, -0.05) is 77.4 Å². The van der Waals surface area contributed by atoms with Crippen LogP contribution in [0.15, 0.2) is 42.5 Å². The molecule has 0 fully saturated rings. The van der Waals surface area contributed by atoms with Crippen molar-refractivity contribution >= 4 is 17.2 Å². The van der Waals surface area contributed by atoms with E-state index in [0.29, 0.717) is 11.5 Å². The van der Waals surface area contributed by atoms with Crippen molar-refractivity contribution in [3.8, 4) is 11.5 Å². The lowest BCUT2D eigenvalue weighted by molar-refractivity contribution is 0.328. The van der Waals surface area contributed by atoms with Crippen LogP contribution >= 0.6 is 17.2 Å². The SMILES string of the molecule is Cc1cc(C(C)(C)C)c(OP(Oc2ccccc2)OP(O)O)c(C(C)(C)C)c1. The largest absolute Gasteiger partial charge is 0.470 e. The van der Waals surface area contributed by atoms with Crippen molar-refractivity contribution in [1.82, 2.24) is 0 Å². The van der Waals surface area contributed by atoms with E-state index in [2.05, 4.69) is 60.6 Å². The quantitative estimate of drug-likeness (QED) is 0.518. The van der Waals surface area contributed by atoms with E-state index in [1.807, 2.05) is 18.2 Å². The summed E-state index contributed by atoms with van der Waals surface area (Å²) in [5, 5.41) is 0. The predicted molar refractivity (Wildman–Crippen MR) is 116 cm³/mol. The van der Waals surface area contributed by atoms with Gasteiger partial charge < -0.3 is 18.8 Å². The average Bonchev–Trinajstić information content (AvgIpc) is 2.54. The van der Waals surface area contributed by atoms with Crippen molar-refractivity contribution in [1.29, 1.82) is 0 Å². The molecule has 0 aliphatic carbocycles. The van der Waals surface area contributed by atoms with Gasteiger partial charge in [-0.15, -0.1) is 0 Å². The highest BCUT2D eigenvalue weighted by Crippen LogP contribution is 2.53. The Morgan fingerprint density at radius 1 is 0.786 bits per heavy atom. The molecule has 0 radical (unpaired) electrons. The monoisotopic (exact) mass is 424 g/mol. The van der Waals surface area contributed by atoms with Gasteiger partial charge in [-0.05, 0) is 29.9 Å². The van der Waals surface area contributed by atoms with Gasteiger partial charge in [0.05, 0.1) is 0 Å². The van der Waals surface area contributed by atoms with Crippen LogP contribution in [0.1, 0.15) is 58.2 Å². The van der Waals surface area contributed by atoms with Crippen molar-refractivity contribution in [2.75, 3.05) is 0 Å². The summed E-state index contributed by atoms with van der Waals surface area (Å²) in [7, 11) is -4.70. The van der Waals surface area contributed by atoms with Crippen LogP contribution in [0.25, 0.3) is 0 Å². The van der Waals surface area contributed by atoms with E-state index in [4.69, 9.17) is 13.4 Å². The summed E-state index contributed by atoms with van der Waals surface area (Å²) in [4.78, 5) is 18.9. The van der Waals surface area contributed by atoms with Gasteiger partial charge in [0.1, 0.15) is 11.5 Å². The van der Waals surface area contributed by atoms with E-state index in [1.165, 1.54) is 0 Å². The van der Waals surface area contributed by atoms with Gasteiger partial charge in [0.25, 0.3) is 0 Å². The van der Waals surface area contributed by atoms with Crippen molar-refractivity contribution in [2.24, 2.45) is 0 Å². The molecule has 2 aromatic carbocycles. The summed E-state index contributed by atoms with van der Waals surface area (Å²) in [6, 6.07) is 13.3. The number of benzene rings is 2. The minimum atomic E-state index is -2.64.